The van der Waals surface area contributed by atoms with E-state index in [4.69, 9.17) is 16.3 Å². The molecule has 0 radical (unpaired) electrons. The average Bonchev–Trinajstić information content (AvgIpc) is 3.23. The first kappa shape index (κ1) is 19.2. The maximum Gasteiger partial charge on any atom is 0.318 e. The Balaban J connectivity index is 1.42. The number of aromatic nitrogens is 2. The van der Waals surface area contributed by atoms with Crippen LogP contribution in [0.25, 0.3) is 0 Å². The SMILES string of the molecule is O=C(NC(c1ccccc1)c1ccccc1)N1CCC(Oc2ncc(Cl)cn2)C1. The van der Waals surface area contributed by atoms with Crippen LogP contribution < -0.4 is 10.1 Å². The molecule has 2 aromatic carbocycles. The smallest absolute Gasteiger partial charge is 0.318 e. The fourth-order valence-corrected chi connectivity index (χ4v) is 3.48. The second kappa shape index (κ2) is 8.92. The van der Waals surface area contributed by atoms with E-state index in [1.165, 1.54) is 12.4 Å². The summed E-state index contributed by atoms with van der Waals surface area (Å²) in [6.45, 7) is 1.09. The lowest BCUT2D eigenvalue weighted by Crippen LogP contribution is -2.41. The number of urea groups is 1. The standard InChI is InChI=1S/C22H21ClN4O2/c23-18-13-24-21(25-14-18)29-19-11-12-27(15-19)22(28)26-20(16-7-3-1-4-8-16)17-9-5-2-6-10-17/h1-10,13-14,19-20H,11-12,15H2,(H,26,28). The van der Waals surface area contributed by atoms with Crippen molar-refractivity contribution in [1.82, 2.24) is 20.2 Å². The molecule has 4 rings (SSSR count). The van der Waals surface area contributed by atoms with E-state index in [9.17, 15) is 4.79 Å². The van der Waals surface area contributed by atoms with Gasteiger partial charge in [-0.1, -0.05) is 72.3 Å². The van der Waals surface area contributed by atoms with E-state index in [0.717, 1.165) is 17.5 Å². The third-order valence-electron chi connectivity index (χ3n) is 4.83. The van der Waals surface area contributed by atoms with Crippen molar-refractivity contribution < 1.29 is 9.53 Å². The zero-order valence-electron chi connectivity index (χ0n) is 15.7. The molecule has 1 aliphatic rings. The quantitative estimate of drug-likeness (QED) is 0.690. The van der Waals surface area contributed by atoms with Crippen LogP contribution in [0.1, 0.15) is 23.6 Å². The van der Waals surface area contributed by atoms with Crippen LogP contribution in [0.4, 0.5) is 4.79 Å². The van der Waals surface area contributed by atoms with Crippen LogP contribution in [0.5, 0.6) is 6.01 Å². The molecule has 2 amide bonds. The summed E-state index contributed by atoms with van der Waals surface area (Å²) in [4.78, 5) is 22.8. The van der Waals surface area contributed by atoms with Crippen molar-refractivity contribution in [3.8, 4) is 6.01 Å². The molecule has 0 spiro atoms. The summed E-state index contributed by atoms with van der Waals surface area (Å²) in [5.41, 5.74) is 2.07. The molecule has 0 bridgehead atoms. The van der Waals surface area contributed by atoms with Gasteiger partial charge in [0.15, 0.2) is 0 Å². The molecule has 29 heavy (non-hydrogen) atoms. The first-order valence-corrected chi connectivity index (χ1v) is 9.86. The molecule has 7 heteroatoms. The van der Waals surface area contributed by atoms with E-state index in [1.54, 1.807) is 4.90 Å². The highest BCUT2D eigenvalue weighted by molar-refractivity contribution is 6.30. The number of hydrogen-bond donors (Lipinski definition) is 1. The van der Waals surface area contributed by atoms with Gasteiger partial charge < -0.3 is 15.0 Å². The van der Waals surface area contributed by atoms with Crippen LogP contribution in [-0.2, 0) is 0 Å². The fraction of sp³-hybridized carbons (Fsp3) is 0.227. The second-order valence-electron chi connectivity index (χ2n) is 6.86. The summed E-state index contributed by atoms with van der Waals surface area (Å²) in [6, 6.07) is 19.8. The van der Waals surface area contributed by atoms with Gasteiger partial charge in [-0.2, -0.15) is 0 Å². The first-order chi connectivity index (χ1) is 14.2. The molecular formula is C22H21ClN4O2. The minimum Gasteiger partial charge on any atom is -0.458 e. The van der Waals surface area contributed by atoms with Crippen molar-refractivity contribution in [2.75, 3.05) is 13.1 Å². The van der Waals surface area contributed by atoms with E-state index in [-0.39, 0.29) is 24.2 Å². The predicted octanol–water partition coefficient (Wildman–Crippen LogP) is 4.08. The first-order valence-electron chi connectivity index (χ1n) is 9.48. The van der Waals surface area contributed by atoms with Gasteiger partial charge in [-0.3, -0.25) is 0 Å². The number of carbonyl (C=O) groups excluding carboxylic acids is 1. The highest BCUT2D eigenvalue weighted by Crippen LogP contribution is 2.23. The maximum atomic E-state index is 13.0. The number of nitrogens with zero attached hydrogens (tertiary/aromatic N) is 3. The van der Waals surface area contributed by atoms with Gasteiger partial charge in [0.05, 0.1) is 30.0 Å². The summed E-state index contributed by atoms with van der Waals surface area (Å²) in [5.74, 6) is 0. The lowest BCUT2D eigenvalue weighted by atomic mass is 9.99. The van der Waals surface area contributed by atoms with E-state index < -0.39 is 0 Å². The molecule has 2 heterocycles. The van der Waals surface area contributed by atoms with Gasteiger partial charge in [0.2, 0.25) is 0 Å². The lowest BCUT2D eigenvalue weighted by molar-refractivity contribution is 0.177. The number of hydrogen-bond acceptors (Lipinski definition) is 4. The second-order valence-corrected chi connectivity index (χ2v) is 7.30. The van der Waals surface area contributed by atoms with Crippen LogP contribution >= 0.6 is 11.6 Å². The molecule has 1 N–H and O–H groups in total. The normalized spacial score (nSPS) is 16.1. The van der Waals surface area contributed by atoms with Gasteiger partial charge in [0.25, 0.3) is 0 Å². The van der Waals surface area contributed by atoms with Crippen LogP contribution in [0.3, 0.4) is 0 Å². The zero-order chi connectivity index (χ0) is 20.1. The van der Waals surface area contributed by atoms with Crippen LogP contribution in [0, 0.1) is 0 Å². The monoisotopic (exact) mass is 408 g/mol. The van der Waals surface area contributed by atoms with E-state index in [0.29, 0.717) is 18.1 Å². The molecule has 1 saturated heterocycles. The number of ether oxygens (including phenoxy) is 1. The minimum absolute atomic E-state index is 0.120. The Morgan fingerprint density at radius 2 is 1.62 bits per heavy atom. The van der Waals surface area contributed by atoms with E-state index in [2.05, 4.69) is 15.3 Å². The van der Waals surface area contributed by atoms with Crippen molar-refractivity contribution in [3.63, 3.8) is 0 Å². The van der Waals surface area contributed by atoms with E-state index in [1.807, 2.05) is 60.7 Å². The number of carbonyl (C=O) groups is 1. The number of benzene rings is 2. The number of amides is 2. The molecular weight excluding hydrogens is 388 g/mol. The van der Waals surface area contributed by atoms with Gasteiger partial charge in [-0.05, 0) is 11.1 Å². The highest BCUT2D eigenvalue weighted by atomic mass is 35.5. The van der Waals surface area contributed by atoms with Gasteiger partial charge in [-0.15, -0.1) is 0 Å². The molecule has 1 aliphatic heterocycles. The third kappa shape index (κ3) is 4.84. The highest BCUT2D eigenvalue weighted by Gasteiger charge is 2.30. The van der Waals surface area contributed by atoms with Crippen LogP contribution in [0.2, 0.25) is 5.02 Å². The molecule has 3 aromatic rings. The summed E-state index contributed by atoms with van der Waals surface area (Å²) >= 11 is 5.80. The number of rotatable bonds is 5. The molecule has 148 valence electrons. The summed E-state index contributed by atoms with van der Waals surface area (Å²) in [7, 11) is 0. The fourth-order valence-electron chi connectivity index (χ4n) is 3.38. The minimum atomic E-state index is -0.218. The van der Waals surface area contributed by atoms with Crippen molar-refractivity contribution in [3.05, 3.63) is 89.2 Å². The average molecular weight is 409 g/mol. The number of halogens is 1. The Bertz CT molecular complexity index is 899. The number of likely N-dealkylation sites (tertiary alicyclic amines) is 1. The molecule has 1 atom stereocenters. The zero-order valence-corrected chi connectivity index (χ0v) is 16.5. The van der Waals surface area contributed by atoms with Crippen LogP contribution in [0.15, 0.2) is 73.1 Å². The van der Waals surface area contributed by atoms with Crippen molar-refractivity contribution >= 4 is 17.6 Å². The molecule has 6 nitrogen and oxygen atoms in total. The summed E-state index contributed by atoms with van der Waals surface area (Å²) in [6.07, 6.45) is 3.57. The molecule has 1 unspecified atom stereocenters. The third-order valence-corrected chi connectivity index (χ3v) is 5.03. The Morgan fingerprint density at radius 3 is 2.21 bits per heavy atom. The summed E-state index contributed by atoms with van der Waals surface area (Å²) in [5, 5.41) is 3.62. The van der Waals surface area contributed by atoms with E-state index >= 15 is 0 Å². The van der Waals surface area contributed by atoms with Crippen molar-refractivity contribution in [2.24, 2.45) is 0 Å². The molecule has 1 fully saturated rings. The molecule has 1 aromatic heterocycles. The topological polar surface area (TPSA) is 67.4 Å². The number of nitrogens with one attached hydrogen (secondary N) is 1. The Labute approximate surface area is 174 Å². The van der Waals surface area contributed by atoms with Crippen molar-refractivity contribution in [2.45, 2.75) is 18.6 Å². The van der Waals surface area contributed by atoms with Gasteiger partial charge >= 0.3 is 12.0 Å². The van der Waals surface area contributed by atoms with Gasteiger partial charge in [-0.25, -0.2) is 14.8 Å². The van der Waals surface area contributed by atoms with Crippen molar-refractivity contribution in [1.29, 1.82) is 0 Å². The Morgan fingerprint density at radius 1 is 1.03 bits per heavy atom. The summed E-state index contributed by atoms with van der Waals surface area (Å²) < 4.78 is 5.78. The van der Waals surface area contributed by atoms with Gasteiger partial charge in [0, 0.05) is 13.0 Å². The molecule has 0 aliphatic carbocycles. The maximum absolute atomic E-state index is 13.0. The Kier molecular flexibility index (Phi) is 5.91. The predicted molar refractivity (Wildman–Crippen MR) is 111 cm³/mol. The largest absolute Gasteiger partial charge is 0.458 e. The Hall–Kier alpha value is -3.12. The molecule has 0 saturated carbocycles. The van der Waals surface area contributed by atoms with Gasteiger partial charge in [0.1, 0.15) is 6.10 Å². The lowest BCUT2D eigenvalue weighted by Gasteiger charge is -2.24. The van der Waals surface area contributed by atoms with Crippen LogP contribution in [-0.4, -0.2) is 40.1 Å².